The monoisotopic (exact) mass is 285 g/mol. The van der Waals surface area contributed by atoms with Crippen LogP contribution in [0.5, 0.6) is 0 Å². The molecule has 3 nitrogen and oxygen atoms in total. The van der Waals surface area contributed by atoms with Gasteiger partial charge in [0.15, 0.2) is 0 Å². The van der Waals surface area contributed by atoms with Crippen molar-refractivity contribution in [2.24, 2.45) is 0 Å². The zero-order chi connectivity index (χ0) is 14.3. The van der Waals surface area contributed by atoms with Gasteiger partial charge in [0.05, 0.1) is 10.4 Å². The fraction of sp³-hybridized carbons (Fsp3) is 0.125. The summed E-state index contributed by atoms with van der Waals surface area (Å²) in [4.78, 5) is 0.307. The largest absolute Gasteiger partial charge is 0.268 e. The molecule has 0 bridgehead atoms. The summed E-state index contributed by atoms with van der Waals surface area (Å²) in [6, 6.07) is 16.2. The topological polar surface area (TPSA) is 39.1 Å². The quantitative estimate of drug-likeness (QED) is 0.723. The predicted octanol–water partition coefficient (Wildman–Crippen LogP) is 3.50. The molecule has 0 aliphatic carbocycles. The second-order valence-corrected chi connectivity index (χ2v) is 6.72. The van der Waals surface area contributed by atoms with E-state index >= 15 is 0 Å². The van der Waals surface area contributed by atoms with Gasteiger partial charge < -0.3 is 0 Å². The maximum atomic E-state index is 12.8. The molecule has 0 spiro atoms. The maximum Gasteiger partial charge on any atom is 0.268 e. The number of benzene rings is 2. The van der Waals surface area contributed by atoms with Crippen LogP contribution < -0.4 is 0 Å². The van der Waals surface area contributed by atoms with Crippen molar-refractivity contribution in [2.45, 2.75) is 18.7 Å². The van der Waals surface area contributed by atoms with Crippen LogP contribution >= 0.6 is 0 Å². The van der Waals surface area contributed by atoms with E-state index in [4.69, 9.17) is 0 Å². The molecule has 4 heteroatoms. The van der Waals surface area contributed by atoms with Crippen molar-refractivity contribution in [3.63, 3.8) is 0 Å². The molecule has 1 aromatic heterocycles. The van der Waals surface area contributed by atoms with Crippen LogP contribution in [0, 0.1) is 13.8 Å². The summed E-state index contributed by atoms with van der Waals surface area (Å²) in [6.07, 6.45) is 0. The van der Waals surface area contributed by atoms with Crippen LogP contribution in [0.4, 0.5) is 0 Å². The molecule has 0 amide bonds. The van der Waals surface area contributed by atoms with Crippen molar-refractivity contribution < 1.29 is 8.42 Å². The summed E-state index contributed by atoms with van der Waals surface area (Å²) in [5.41, 5.74) is 2.55. The van der Waals surface area contributed by atoms with Gasteiger partial charge in [-0.3, -0.25) is 0 Å². The van der Waals surface area contributed by atoms with Crippen LogP contribution in [-0.4, -0.2) is 12.4 Å². The highest BCUT2D eigenvalue weighted by Gasteiger charge is 2.20. The molecule has 0 saturated carbocycles. The van der Waals surface area contributed by atoms with Crippen LogP contribution in [0.15, 0.2) is 59.5 Å². The van der Waals surface area contributed by atoms with Gasteiger partial charge in [-0.1, -0.05) is 29.8 Å². The molecule has 0 radical (unpaired) electrons. The van der Waals surface area contributed by atoms with Crippen molar-refractivity contribution >= 4 is 20.9 Å². The van der Waals surface area contributed by atoms with Gasteiger partial charge in [-0.2, -0.15) is 0 Å². The van der Waals surface area contributed by atoms with Crippen molar-refractivity contribution in [1.29, 1.82) is 0 Å². The Labute approximate surface area is 118 Å². The molecule has 1 heterocycles. The van der Waals surface area contributed by atoms with E-state index in [1.54, 1.807) is 24.3 Å². The normalized spacial score (nSPS) is 11.9. The van der Waals surface area contributed by atoms with Gasteiger partial charge in [0.1, 0.15) is 0 Å². The summed E-state index contributed by atoms with van der Waals surface area (Å²) in [5.74, 6) is 0. The first-order valence-electron chi connectivity index (χ1n) is 6.39. The Balaban J connectivity index is 2.32. The lowest BCUT2D eigenvalue weighted by atomic mass is 10.2. The molecule has 3 aromatic rings. The van der Waals surface area contributed by atoms with Gasteiger partial charge >= 0.3 is 0 Å². The molecule has 0 fully saturated rings. The molecule has 0 aliphatic rings. The van der Waals surface area contributed by atoms with Crippen LogP contribution in [0.25, 0.3) is 10.9 Å². The summed E-state index contributed by atoms with van der Waals surface area (Å²) in [7, 11) is -3.55. The summed E-state index contributed by atoms with van der Waals surface area (Å²) < 4.78 is 27.0. The second-order valence-electron chi connectivity index (χ2n) is 4.93. The van der Waals surface area contributed by atoms with Gasteiger partial charge in [-0.05, 0) is 44.2 Å². The fourth-order valence-electron chi connectivity index (χ4n) is 2.47. The van der Waals surface area contributed by atoms with Gasteiger partial charge in [0.2, 0.25) is 0 Å². The molecule has 0 saturated heterocycles. The number of aromatic nitrogens is 1. The maximum absolute atomic E-state index is 12.8. The average molecular weight is 285 g/mol. The summed E-state index contributed by atoms with van der Waals surface area (Å²) in [5, 5.41) is 0.946. The minimum Gasteiger partial charge on any atom is -0.238 e. The van der Waals surface area contributed by atoms with E-state index < -0.39 is 10.0 Å². The first kappa shape index (κ1) is 12.9. The highest BCUT2D eigenvalue weighted by atomic mass is 32.2. The van der Waals surface area contributed by atoms with E-state index in [-0.39, 0.29) is 0 Å². The smallest absolute Gasteiger partial charge is 0.238 e. The van der Waals surface area contributed by atoms with E-state index in [9.17, 15) is 8.42 Å². The minimum absolute atomic E-state index is 0.307. The van der Waals surface area contributed by atoms with E-state index in [2.05, 4.69) is 0 Å². The highest BCUT2D eigenvalue weighted by molar-refractivity contribution is 7.90. The summed E-state index contributed by atoms with van der Waals surface area (Å²) in [6.45, 7) is 3.81. The van der Waals surface area contributed by atoms with Crippen molar-refractivity contribution in [2.75, 3.05) is 0 Å². The molecule has 3 rings (SSSR count). The van der Waals surface area contributed by atoms with Gasteiger partial charge in [0, 0.05) is 11.1 Å². The third-order valence-electron chi connectivity index (χ3n) is 3.37. The number of nitrogens with zero attached hydrogens (tertiary/aromatic N) is 1. The molecule has 0 atom stereocenters. The Morgan fingerprint density at radius 1 is 0.900 bits per heavy atom. The Kier molecular flexibility index (Phi) is 2.91. The first-order valence-corrected chi connectivity index (χ1v) is 7.83. The molecule has 20 heavy (non-hydrogen) atoms. The third-order valence-corrected chi connectivity index (χ3v) is 5.20. The molecule has 102 valence electrons. The Morgan fingerprint density at radius 3 is 2.30 bits per heavy atom. The Bertz CT molecular complexity index is 877. The number of hydrogen-bond acceptors (Lipinski definition) is 2. The van der Waals surface area contributed by atoms with Gasteiger partial charge in [-0.25, -0.2) is 12.4 Å². The molecule has 0 aliphatic heterocycles. The molecular formula is C16H15NO2S. The standard InChI is InChI=1S/C16H15NO2S/c1-12-8-9-16-14(10-12)11-13(2)17(16)20(18,19)15-6-4-3-5-7-15/h3-11H,1-2H3. The van der Waals surface area contributed by atoms with Crippen LogP contribution in [-0.2, 0) is 10.0 Å². The number of hydrogen-bond donors (Lipinski definition) is 0. The van der Waals surface area contributed by atoms with Crippen LogP contribution in [0.1, 0.15) is 11.3 Å². The number of aryl methyl sites for hydroxylation is 2. The zero-order valence-electron chi connectivity index (χ0n) is 11.4. The van der Waals surface area contributed by atoms with Gasteiger partial charge in [-0.15, -0.1) is 0 Å². The number of fused-ring (bicyclic) bond motifs is 1. The fourth-order valence-corrected chi connectivity index (χ4v) is 4.03. The van der Waals surface area contributed by atoms with E-state index in [0.717, 1.165) is 22.2 Å². The lowest BCUT2D eigenvalue weighted by Crippen LogP contribution is -2.14. The number of rotatable bonds is 2. The Hall–Kier alpha value is -2.07. The molecule has 0 unspecified atom stereocenters. The van der Waals surface area contributed by atoms with Crippen LogP contribution in [0.2, 0.25) is 0 Å². The SMILES string of the molecule is Cc1ccc2c(c1)cc(C)n2S(=O)(=O)c1ccccc1. The van der Waals surface area contributed by atoms with E-state index in [1.165, 1.54) is 3.97 Å². The second kappa shape index (κ2) is 4.49. The Morgan fingerprint density at radius 2 is 1.60 bits per heavy atom. The average Bonchev–Trinajstić information content (AvgIpc) is 2.75. The lowest BCUT2D eigenvalue weighted by molar-refractivity contribution is 0.588. The molecule has 0 N–H and O–H groups in total. The predicted molar refractivity (Wildman–Crippen MR) is 80.4 cm³/mol. The molecular weight excluding hydrogens is 270 g/mol. The van der Waals surface area contributed by atoms with E-state index in [1.807, 2.05) is 44.2 Å². The zero-order valence-corrected chi connectivity index (χ0v) is 12.2. The third kappa shape index (κ3) is 1.93. The summed E-state index contributed by atoms with van der Waals surface area (Å²) >= 11 is 0. The van der Waals surface area contributed by atoms with E-state index in [0.29, 0.717) is 4.90 Å². The highest BCUT2D eigenvalue weighted by Crippen LogP contribution is 2.25. The lowest BCUT2D eigenvalue weighted by Gasteiger charge is -2.10. The molecule has 2 aromatic carbocycles. The van der Waals surface area contributed by atoms with Crippen molar-refractivity contribution in [1.82, 2.24) is 3.97 Å². The first-order chi connectivity index (χ1) is 9.50. The van der Waals surface area contributed by atoms with Crippen molar-refractivity contribution in [3.05, 3.63) is 65.9 Å². The van der Waals surface area contributed by atoms with Crippen LogP contribution in [0.3, 0.4) is 0 Å². The van der Waals surface area contributed by atoms with Gasteiger partial charge in [0.25, 0.3) is 10.0 Å². The minimum atomic E-state index is -3.55. The van der Waals surface area contributed by atoms with Crippen molar-refractivity contribution in [3.8, 4) is 0 Å².